The number of amides is 2. The molecule has 6 heteroatoms. The number of H-pyrrole nitrogens is 1. The van der Waals surface area contributed by atoms with Gasteiger partial charge in [0.15, 0.2) is 6.61 Å². The number of hydrazine groups is 1. The molecule has 3 N–H and O–H groups in total. The number of carbonyl (C=O) groups is 2. The van der Waals surface area contributed by atoms with Crippen molar-refractivity contribution in [1.82, 2.24) is 15.8 Å². The molecule has 0 saturated carbocycles. The van der Waals surface area contributed by atoms with Crippen LogP contribution in [0.25, 0.3) is 10.9 Å². The Bertz CT molecular complexity index is 1200. The van der Waals surface area contributed by atoms with Crippen molar-refractivity contribution < 1.29 is 14.3 Å². The minimum atomic E-state index is -0.417. The number of aryl methyl sites for hydroxylation is 1. The average Bonchev–Trinajstić information content (AvgIpc) is 3.24. The Kier molecular flexibility index (Phi) is 6.82. The number of benzene rings is 3. The second kappa shape index (κ2) is 10.3. The zero-order valence-corrected chi connectivity index (χ0v) is 17.6. The van der Waals surface area contributed by atoms with E-state index >= 15 is 0 Å². The van der Waals surface area contributed by atoms with Gasteiger partial charge in [0.2, 0.25) is 5.91 Å². The van der Waals surface area contributed by atoms with Gasteiger partial charge in [-0.2, -0.15) is 0 Å². The van der Waals surface area contributed by atoms with Crippen LogP contribution in [0.5, 0.6) is 5.75 Å². The van der Waals surface area contributed by atoms with Crippen molar-refractivity contribution in [3.63, 3.8) is 0 Å². The number of rotatable bonds is 8. The molecule has 0 aliphatic rings. The van der Waals surface area contributed by atoms with Gasteiger partial charge in [-0.05, 0) is 35.2 Å². The van der Waals surface area contributed by atoms with Crippen LogP contribution in [-0.2, 0) is 22.4 Å². The molecule has 1 heterocycles. The Morgan fingerprint density at radius 1 is 0.781 bits per heavy atom. The minimum Gasteiger partial charge on any atom is -0.483 e. The maximum absolute atomic E-state index is 12.1. The van der Waals surface area contributed by atoms with E-state index in [0.717, 1.165) is 27.6 Å². The summed E-state index contributed by atoms with van der Waals surface area (Å²) >= 11 is 0. The van der Waals surface area contributed by atoms with Crippen LogP contribution in [0.1, 0.15) is 23.1 Å². The van der Waals surface area contributed by atoms with Crippen molar-refractivity contribution in [2.24, 2.45) is 0 Å². The summed E-state index contributed by atoms with van der Waals surface area (Å²) in [5.41, 5.74) is 9.14. The molecule has 0 fully saturated rings. The molecule has 0 bridgehead atoms. The van der Waals surface area contributed by atoms with Gasteiger partial charge in [-0.1, -0.05) is 66.7 Å². The number of carbonyl (C=O) groups excluding carboxylic acids is 2. The lowest BCUT2D eigenvalue weighted by Gasteiger charge is -2.12. The zero-order valence-electron chi connectivity index (χ0n) is 17.6. The van der Waals surface area contributed by atoms with Gasteiger partial charge in [-0.15, -0.1) is 0 Å². The molecule has 0 unspecified atom stereocenters. The molecule has 0 atom stereocenters. The average molecular weight is 428 g/mol. The second-order valence-electron chi connectivity index (χ2n) is 7.51. The van der Waals surface area contributed by atoms with Crippen LogP contribution in [-0.4, -0.2) is 23.4 Å². The number of nitrogens with one attached hydrogen (secondary N) is 3. The van der Waals surface area contributed by atoms with Crippen LogP contribution < -0.4 is 15.6 Å². The Hall–Kier alpha value is -4.06. The molecule has 0 aliphatic carbocycles. The molecule has 6 nitrogen and oxygen atoms in total. The Morgan fingerprint density at radius 3 is 2.38 bits per heavy atom. The first-order valence-corrected chi connectivity index (χ1v) is 10.6. The summed E-state index contributed by atoms with van der Waals surface area (Å²) in [6, 6.07) is 25.7. The zero-order chi connectivity index (χ0) is 22.2. The number of fused-ring (bicyclic) bond motifs is 1. The van der Waals surface area contributed by atoms with Crippen LogP contribution in [0.15, 0.2) is 85.1 Å². The Balaban J connectivity index is 1.23. The summed E-state index contributed by atoms with van der Waals surface area (Å²) in [7, 11) is 0. The summed E-state index contributed by atoms with van der Waals surface area (Å²) in [6.45, 7) is -0.186. The van der Waals surface area contributed by atoms with E-state index in [1.54, 1.807) is 0 Å². The summed E-state index contributed by atoms with van der Waals surface area (Å²) in [5.74, 6) is -0.0229. The summed E-state index contributed by atoms with van der Waals surface area (Å²) in [5, 5.41) is 1.10. The fraction of sp³-hybridized carbons (Fsp3) is 0.154. The molecule has 4 aromatic rings. The van der Waals surface area contributed by atoms with Gasteiger partial charge < -0.3 is 9.72 Å². The number of para-hydroxylation sites is 2. The topological polar surface area (TPSA) is 83.2 Å². The van der Waals surface area contributed by atoms with Crippen molar-refractivity contribution in [2.75, 3.05) is 6.61 Å². The highest BCUT2D eigenvalue weighted by Crippen LogP contribution is 2.21. The van der Waals surface area contributed by atoms with E-state index in [0.29, 0.717) is 18.6 Å². The lowest BCUT2D eigenvalue weighted by molar-refractivity contribution is -0.130. The molecule has 0 saturated heterocycles. The van der Waals surface area contributed by atoms with Gasteiger partial charge in [0.05, 0.1) is 0 Å². The van der Waals surface area contributed by atoms with E-state index in [4.69, 9.17) is 4.74 Å². The lowest BCUT2D eigenvalue weighted by atomic mass is 10.0. The predicted molar refractivity (Wildman–Crippen MR) is 124 cm³/mol. The lowest BCUT2D eigenvalue weighted by Crippen LogP contribution is -2.43. The quantitative estimate of drug-likeness (QED) is 0.373. The highest BCUT2D eigenvalue weighted by atomic mass is 16.5. The van der Waals surface area contributed by atoms with Gasteiger partial charge in [-0.25, -0.2) is 0 Å². The molecule has 0 spiro atoms. The molecule has 32 heavy (non-hydrogen) atoms. The SMILES string of the molecule is O=C(CCc1c[nH]c2ccccc12)NNC(=O)COc1ccccc1Cc1ccccc1. The van der Waals surface area contributed by atoms with Crippen molar-refractivity contribution in [1.29, 1.82) is 0 Å². The molecule has 0 radical (unpaired) electrons. The van der Waals surface area contributed by atoms with E-state index in [-0.39, 0.29) is 18.9 Å². The van der Waals surface area contributed by atoms with Crippen molar-refractivity contribution in [3.8, 4) is 5.75 Å². The van der Waals surface area contributed by atoms with E-state index in [1.165, 1.54) is 0 Å². The maximum atomic E-state index is 12.1. The van der Waals surface area contributed by atoms with E-state index < -0.39 is 5.91 Å². The monoisotopic (exact) mass is 427 g/mol. The molecular formula is C26H25N3O3. The molecule has 3 aromatic carbocycles. The fourth-order valence-corrected chi connectivity index (χ4v) is 3.57. The second-order valence-corrected chi connectivity index (χ2v) is 7.51. The molecule has 0 aliphatic heterocycles. The molecule has 1 aromatic heterocycles. The van der Waals surface area contributed by atoms with Crippen molar-refractivity contribution in [3.05, 3.63) is 102 Å². The normalized spacial score (nSPS) is 10.6. The van der Waals surface area contributed by atoms with Gasteiger partial charge >= 0.3 is 0 Å². The first-order chi connectivity index (χ1) is 15.7. The highest BCUT2D eigenvalue weighted by Gasteiger charge is 2.10. The first-order valence-electron chi connectivity index (χ1n) is 10.6. The summed E-state index contributed by atoms with van der Waals surface area (Å²) in [6.07, 6.45) is 3.47. The van der Waals surface area contributed by atoms with Crippen LogP contribution in [0.2, 0.25) is 0 Å². The summed E-state index contributed by atoms with van der Waals surface area (Å²) in [4.78, 5) is 27.5. The third-order valence-electron chi connectivity index (χ3n) is 5.21. The molecule has 2 amide bonds. The first kappa shape index (κ1) is 21.2. The number of hydrogen-bond acceptors (Lipinski definition) is 3. The van der Waals surface area contributed by atoms with Crippen LogP contribution in [0.4, 0.5) is 0 Å². The van der Waals surface area contributed by atoms with E-state index in [2.05, 4.69) is 28.0 Å². The standard InChI is InChI=1S/C26H25N3O3/c30-25(15-14-21-17-27-23-12-6-5-11-22(21)23)28-29-26(31)18-32-24-13-7-4-10-20(24)16-19-8-2-1-3-9-19/h1-13,17,27H,14-16,18H2,(H,28,30)(H,29,31). The maximum Gasteiger partial charge on any atom is 0.276 e. The van der Waals surface area contributed by atoms with Crippen LogP contribution >= 0.6 is 0 Å². The number of ether oxygens (including phenoxy) is 1. The fourth-order valence-electron chi connectivity index (χ4n) is 3.57. The number of aromatic amines is 1. The van der Waals surface area contributed by atoms with Crippen LogP contribution in [0, 0.1) is 0 Å². The smallest absolute Gasteiger partial charge is 0.276 e. The van der Waals surface area contributed by atoms with Crippen molar-refractivity contribution in [2.45, 2.75) is 19.3 Å². The van der Waals surface area contributed by atoms with E-state index in [1.807, 2.05) is 72.9 Å². The summed E-state index contributed by atoms with van der Waals surface area (Å²) < 4.78 is 5.70. The molecular weight excluding hydrogens is 402 g/mol. The van der Waals surface area contributed by atoms with E-state index in [9.17, 15) is 9.59 Å². The van der Waals surface area contributed by atoms with Gasteiger partial charge in [0, 0.05) is 29.9 Å². The largest absolute Gasteiger partial charge is 0.483 e. The third-order valence-corrected chi connectivity index (χ3v) is 5.21. The van der Waals surface area contributed by atoms with Crippen molar-refractivity contribution >= 4 is 22.7 Å². The Morgan fingerprint density at radius 2 is 1.50 bits per heavy atom. The third kappa shape index (κ3) is 5.55. The van der Waals surface area contributed by atoms with Crippen LogP contribution in [0.3, 0.4) is 0 Å². The Labute approximate surface area is 186 Å². The molecule has 4 rings (SSSR count). The van der Waals surface area contributed by atoms with Gasteiger partial charge in [0.25, 0.3) is 5.91 Å². The number of aromatic nitrogens is 1. The number of hydrogen-bond donors (Lipinski definition) is 3. The van der Waals surface area contributed by atoms with Gasteiger partial charge in [-0.3, -0.25) is 20.4 Å². The predicted octanol–water partition coefficient (Wildman–Crippen LogP) is 3.92. The van der Waals surface area contributed by atoms with Gasteiger partial charge in [0.1, 0.15) is 5.75 Å². The highest BCUT2D eigenvalue weighted by molar-refractivity contribution is 5.85. The minimum absolute atomic E-state index is 0.186. The molecule has 162 valence electrons.